The molecule has 0 unspecified atom stereocenters. The van der Waals surface area contributed by atoms with Gasteiger partial charge in [0.25, 0.3) is 0 Å². The molecule has 0 atom stereocenters. The van der Waals surface area contributed by atoms with Crippen LogP contribution in [-0.2, 0) is 11.2 Å². The highest BCUT2D eigenvalue weighted by molar-refractivity contribution is 5.82. The molecule has 3 heteroatoms. The minimum atomic E-state index is -0.0219. The highest BCUT2D eigenvalue weighted by Gasteiger charge is 2.15. The van der Waals surface area contributed by atoms with Gasteiger partial charge in [0.2, 0.25) is 5.78 Å². The van der Waals surface area contributed by atoms with Gasteiger partial charge in [0.1, 0.15) is 0 Å². The molecule has 16 heavy (non-hydrogen) atoms. The van der Waals surface area contributed by atoms with Crippen molar-refractivity contribution < 1.29 is 14.3 Å². The summed E-state index contributed by atoms with van der Waals surface area (Å²) >= 11 is 0. The van der Waals surface area contributed by atoms with Crippen molar-refractivity contribution in [1.29, 1.82) is 0 Å². The van der Waals surface area contributed by atoms with Crippen LogP contribution >= 0.6 is 0 Å². The van der Waals surface area contributed by atoms with Crippen LogP contribution in [0, 0.1) is 0 Å². The number of aryl methyl sites for hydroxylation is 1. The van der Waals surface area contributed by atoms with Crippen LogP contribution in [0.3, 0.4) is 0 Å². The zero-order valence-corrected chi connectivity index (χ0v) is 9.49. The number of carbonyl (C=O) groups excluding carboxylic acids is 1. The maximum atomic E-state index is 11.2. The van der Waals surface area contributed by atoms with Crippen LogP contribution in [0.15, 0.2) is 18.2 Å². The van der Waals surface area contributed by atoms with Crippen LogP contribution < -0.4 is 9.47 Å². The van der Waals surface area contributed by atoms with E-state index in [1.807, 2.05) is 18.2 Å². The fraction of sp³-hybridized carbons (Fsp3) is 0.462. The van der Waals surface area contributed by atoms with Crippen LogP contribution in [-0.4, -0.2) is 19.0 Å². The second-order valence-electron chi connectivity index (χ2n) is 4.00. The number of ether oxygens (including phenoxy) is 2. The number of fused-ring (bicyclic) bond motifs is 1. The second-order valence-corrected chi connectivity index (χ2v) is 4.00. The molecule has 1 aliphatic heterocycles. The second kappa shape index (κ2) is 5.01. The fourth-order valence-electron chi connectivity index (χ4n) is 1.68. The molecule has 0 fully saturated rings. The summed E-state index contributed by atoms with van der Waals surface area (Å²) in [4.78, 5) is 11.2. The van der Waals surface area contributed by atoms with Gasteiger partial charge in [-0.15, -0.1) is 0 Å². The van der Waals surface area contributed by atoms with Crippen molar-refractivity contribution >= 4 is 5.78 Å². The van der Waals surface area contributed by atoms with E-state index < -0.39 is 0 Å². The number of ketones is 1. The maximum Gasteiger partial charge on any atom is 0.207 e. The van der Waals surface area contributed by atoms with Crippen molar-refractivity contribution in [3.63, 3.8) is 0 Å². The Kier molecular flexibility index (Phi) is 3.44. The topological polar surface area (TPSA) is 35.5 Å². The van der Waals surface area contributed by atoms with Crippen molar-refractivity contribution in [2.75, 3.05) is 13.2 Å². The molecule has 0 saturated carbocycles. The molecule has 1 aliphatic rings. The summed E-state index contributed by atoms with van der Waals surface area (Å²) in [5.41, 5.74) is 1.23. The number of Topliss-reactive ketones (excluding diaryl/α,β-unsaturated/α-hetero) is 1. The van der Waals surface area contributed by atoms with Crippen LogP contribution in [0.5, 0.6) is 11.5 Å². The molecule has 0 spiro atoms. The van der Waals surface area contributed by atoms with E-state index in [0.717, 1.165) is 6.42 Å². The van der Waals surface area contributed by atoms with E-state index in [2.05, 4.69) is 6.92 Å². The first-order valence-electron chi connectivity index (χ1n) is 5.70. The molecule has 1 aromatic rings. The normalized spacial score (nSPS) is 14.7. The quantitative estimate of drug-likeness (QED) is 0.784. The predicted octanol–water partition coefficient (Wildman–Crippen LogP) is 2.37. The van der Waals surface area contributed by atoms with Crippen molar-refractivity contribution in [3.8, 4) is 11.5 Å². The van der Waals surface area contributed by atoms with E-state index in [0.29, 0.717) is 11.5 Å². The summed E-state index contributed by atoms with van der Waals surface area (Å²) in [6, 6.07) is 5.90. The van der Waals surface area contributed by atoms with Gasteiger partial charge in [0.05, 0.1) is 0 Å². The average molecular weight is 220 g/mol. The minimum Gasteiger partial charge on any atom is -0.482 e. The first-order chi connectivity index (χ1) is 7.79. The number of rotatable bonds is 3. The molecular weight excluding hydrogens is 204 g/mol. The van der Waals surface area contributed by atoms with Gasteiger partial charge in [-0.2, -0.15) is 0 Å². The van der Waals surface area contributed by atoms with E-state index in [9.17, 15) is 4.79 Å². The first-order valence-corrected chi connectivity index (χ1v) is 5.70. The summed E-state index contributed by atoms with van der Waals surface area (Å²) in [6.45, 7) is 2.40. The Bertz CT molecular complexity index is 385. The molecule has 0 aromatic heterocycles. The Balaban J connectivity index is 2.15. The maximum absolute atomic E-state index is 11.2. The third-order valence-corrected chi connectivity index (χ3v) is 2.60. The van der Waals surface area contributed by atoms with E-state index in [1.165, 1.54) is 18.4 Å². The lowest BCUT2D eigenvalue weighted by Crippen LogP contribution is -2.15. The van der Waals surface area contributed by atoms with Gasteiger partial charge in [-0.3, -0.25) is 4.79 Å². The zero-order valence-electron chi connectivity index (χ0n) is 9.49. The Morgan fingerprint density at radius 3 is 2.69 bits per heavy atom. The summed E-state index contributed by atoms with van der Waals surface area (Å²) in [7, 11) is 0. The molecule has 3 nitrogen and oxygen atoms in total. The number of hydrogen-bond acceptors (Lipinski definition) is 3. The molecule has 86 valence electrons. The van der Waals surface area contributed by atoms with Crippen molar-refractivity contribution in [2.45, 2.75) is 26.2 Å². The van der Waals surface area contributed by atoms with Crippen LogP contribution in [0.4, 0.5) is 0 Å². The molecule has 0 bridgehead atoms. The molecule has 0 saturated heterocycles. The van der Waals surface area contributed by atoms with Crippen LogP contribution in [0.1, 0.15) is 25.3 Å². The third kappa shape index (κ3) is 2.54. The molecule has 1 heterocycles. The van der Waals surface area contributed by atoms with Gasteiger partial charge in [0, 0.05) is 0 Å². The molecule has 0 amide bonds. The lowest BCUT2D eigenvalue weighted by molar-refractivity contribution is -0.122. The number of benzene rings is 1. The number of hydrogen-bond donors (Lipinski definition) is 0. The Hall–Kier alpha value is -1.51. The Morgan fingerprint density at radius 1 is 1.19 bits per heavy atom. The fourth-order valence-corrected chi connectivity index (χ4v) is 1.68. The Morgan fingerprint density at radius 2 is 1.94 bits per heavy atom. The summed E-state index contributed by atoms with van der Waals surface area (Å²) in [6.07, 6.45) is 3.38. The standard InChI is InChI=1S/C13H16O3/c1-2-3-4-10-5-6-12-13(7-10)16-9-11(14)8-15-12/h5-7H,2-4,8-9H2,1H3. The van der Waals surface area contributed by atoms with Gasteiger partial charge in [-0.25, -0.2) is 0 Å². The lowest BCUT2D eigenvalue weighted by atomic mass is 10.1. The largest absolute Gasteiger partial charge is 0.482 e. The summed E-state index contributed by atoms with van der Waals surface area (Å²) in [5, 5.41) is 0. The number of unbranched alkanes of at least 4 members (excludes halogenated alkanes) is 1. The van der Waals surface area contributed by atoms with Gasteiger partial charge < -0.3 is 9.47 Å². The van der Waals surface area contributed by atoms with E-state index >= 15 is 0 Å². The van der Waals surface area contributed by atoms with E-state index in [1.54, 1.807) is 0 Å². The molecule has 2 rings (SSSR count). The van der Waals surface area contributed by atoms with Gasteiger partial charge in [0.15, 0.2) is 24.7 Å². The smallest absolute Gasteiger partial charge is 0.207 e. The van der Waals surface area contributed by atoms with Crippen molar-refractivity contribution in [3.05, 3.63) is 23.8 Å². The molecule has 1 aromatic carbocycles. The molecular formula is C13H16O3. The highest BCUT2D eigenvalue weighted by atomic mass is 16.5. The minimum absolute atomic E-state index is 0.0219. The summed E-state index contributed by atoms with van der Waals surface area (Å²) < 4.78 is 10.8. The molecule has 0 aliphatic carbocycles. The van der Waals surface area contributed by atoms with Gasteiger partial charge in [-0.05, 0) is 30.5 Å². The zero-order chi connectivity index (χ0) is 11.4. The van der Waals surface area contributed by atoms with Gasteiger partial charge in [-0.1, -0.05) is 19.4 Å². The Labute approximate surface area is 95.4 Å². The third-order valence-electron chi connectivity index (χ3n) is 2.60. The van der Waals surface area contributed by atoms with Gasteiger partial charge >= 0.3 is 0 Å². The summed E-state index contributed by atoms with van der Waals surface area (Å²) in [5.74, 6) is 1.34. The predicted molar refractivity (Wildman–Crippen MR) is 61.1 cm³/mol. The highest BCUT2D eigenvalue weighted by Crippen LogP contribution is 2.30. The van der Waals surface area contributed by atoms with Crippen LogP contribution in [0.2, 0.25) is 0 Å². The van der Waals surface area contributed by atoms with E-state index in [-0.39, 0.29) is 19.0 Å². The SMILES string of the molecule is CCCCc1ccc2c(c1)OCC(=O)CO2. The number of carbonyl (C=O) groups is 1. The molecule has 0 N–H and O–H groups in total. The first kappa shape index (κ1) is 11.0. The van der Waals surface area contributed by atoms with E-state index in [4.69, 9.17) is 9.47 Å². The van der Waals surface area contributed by atoms with Crippen LogP contribution in [0.25, 0.3) is 0 Å². The van der Waals surface area contributed by atoms with Crippen molar-refractivity contribution in [2.24, 2.45) is 0 Å². The lowest BCUT2D eigenvalue weighted by Gasteiger charge is -2.08. The average Bonchev–Trinajstić information content (AvgIpc) is 2.49. The monoisotopic (exact) mass is 220 g/mol. The van der Waals surface area contributed by atoms with Crippen molar-refractivity contribution in [1.82, 2.24) is 0 Å². The molecule has 0 radical (unpaired) electrons.